The van der Waals surface area contributed by atoms with Crippen LogP contribution in [0, 0.1) is 6.92 Å². The second-order valence-corrected chi connectivity index (χ2v) is 7.20. The van der Waals surface area contributed by atoms with Crippen LogP contribution in [0.25, 0.3) is 21.9 Å². The Morgan fingerprint density at radius 1 is 1.26 bits per heavy atom. The molecule has 0 amide bonds. The number of anilines is 1. The Kier molecular flexibility index (Phi) is 3.50. The third-order valence-electron chi connectivity index (χ3n) is 5.25. The van der Waals surface area contributed by atoms with Crippen LogP contribution in [-0.2, 0) is 0 Å². The number of benzene rings is 1. The van der Waals surface area contributed by atoms with Gasteiger partial charge in [0, 0.05) is 11.7 Å². The second-order valence-electron chi connectivity index (χ2n) is 7.20. The number of nitrogens with zero attached hydrogens (tertiary/aromatic N) is 4. The van der Waals surface area contributed by atoms with Crippen molar-refractivity contribution in [3.05, 3.63) is 58.5 Å². The molecule has 27 heavy (non-hydrogen) atoms. The molecule has 1 aromatic carbocycles. The van der Waals surface area contributed by atoms with Crippen molar-refractivity contribution in [3.63, 3.8) is 0 Å². The summed E-state index contributed by atoms with van der Waals surface area (Å²) < 4.78 is 1.97. The molecule has 5 rings (SSSR count). The highest BCUT2D eigenvalue weighted by Gasteiger charge is 2.29. The summed E-state index contributed by atoms with van der Waals surface area (Å²) in [6, 6.07) is 8.32. The molecule has 0 saturated heterocycles. The van der Waals surface area contributed by atoms with Gasteiger partial charge in [0.2, 0.25) is 0 Å². The molecule has 4 aromatic rings. The van der Waals surface area contributed by atoms with Crippen LogP contribution < -0.4 is 10.9 Å². The summed E-state index contributed by atoms with van der Waals surface area (Å²) in [6.45, 7) is 4.05. The maximum atomic E-state index is 13.3. The average Bonchev–Trinajstić information content (AvgIpc) is 3.37. The molecule has 1 fully saturated rings. The van der Waals surface area contributed by atoms with Crippen molar-refractivity contribution in [3.8, 4) is 0 Å². The van der Waals surface area contributed by atoms with E-state index in [-0.39, 0.29) is 17.6 Å². The zero-order chi connectivity index (χ0) is 18.5. The maximum absolute atomic E-state index is 13.3. The molecule has 3 heterocycles. The summed E-state index contributed by atoms with van der Waals surface area (Å²) >= 11 is 0. The fraction of sp³-hybridized carbons (Fsp3) is 0.300. The number of nitrogens with one attached hydrogen (secondary N) is 2. The molecule has 7 heteroatoms. The van der Waals surface area contributed by atoms with E-state index in [9.17, 15) is 4.79 Å². The molecule has 1 unspecified atom stereocenters. The molecule has 0 aliphatic heterocycles. The van der Waals surface area contributed by atoms with Gasteiger partial charge in [-0.1, -0.05) is 18.2 Å². The van der Waals surface area contributed by atoms with E-state index in [1.165, 1.54) is 6.33 Å². The van der Waals surface area contributed by atoms with Crippen LogP contribution in [0.15, 0.2) is 41.7 Å². The van der Waals surface area contributed by atoms with Gasteiger partial charge in [-0.2, -0.15) is 0 Å². The molecule has 1 atom stereocenters. The fourth-order valence-electron chi connectivity index (χ4n) is 3.76. The third kappa shape index (κ3) is 2.58. The summed E-state index contributed by atoms with van der Waals surface area (Å²) in [6.07, 6.45) is 5.21. The van der Waals surface area contributed by atoms with Gasteiger partial charge >= 0.3 is 0 Å². The van der Waals surface area contributed by atoms with Gasteiger partial charge in [0.25, 0.3) is 5.56 Å². The number of H-pyrrole nitrogens is 1. The summed E-state index contributed by atoms with van der Waals surface area (Å²) in [5.74, 6) is 0.660. The highest BCUT2D eigenvalue weighted by Crippen LogP contribution is 2.37. The first-order valence-electron chi connectivity index (χ1n) is 9.19. The van der Waals surface area contributed by atoms with E-state index in [4.69, 9.17) is 0 Å². The molecule has 7 nitrogen and oxygen atoms in total. The lowest BCUT2D eigenvalue weighted by Gasteiger charge is -2.21. The van der Waals surface area contributed by atoms with E-state index >= 15 is 0 Å². The molecule has 1 saturated carbocycles. The number of imidazole rings is 1. The van der Waals surface area contributed by atoms with Crippen molar-refractivity contribution in [1.82, 2.24) is 24.5 Å². The molecule has 136 valence electrons. The van der Waals surface area contributed by atoms with E-state index in [1.807, 2.05) is 29.7 Å². The molecule has 0 spiro atoms. The first-order chi connectivity index (χ1) is 13.1. The monoisotopic (exact) mass is 360 g/mol. The number of hydrogen-bond acceptors (Lipinski definition) is 5. The third-order valence-corrected chi connectivity index (χ3v) is 5.25. The van der Waals surface area contributed by atoms with Gasteiger partial charge < -0.3 is 14.9 Å². The van der Waals surface area contributed by atoms with E-state index in [0.717, 1.165) is 34.9 Å². The number of aromatic nitrogens is 5. The largest absolute Gasteiger partial charge is 0.360 e. The lowest BCUT2D eigenvalue weighted by atomic mass is 10.0. The Hall–Kier alpha value is -3.22. The van der Waals surface area contributed by atoms with Gasteiger partial charge in [-0.15, -0.1) is 0 Å². The van der Waals surface area contributed by atoms with Crippen LogP contribution >= 0.6 is 0 Å². The number of pyridine rings is 1. The van der Waals surface area contributed by atoms with E-state index in [2.05, 4.69) is 38.2 Å². The highest BCUT2D eigenvalue weighted by atomic mass is 16.1. The molecule has 2 N–H and O–H groups in total. The van der Waals surface area contributed by atoms with Crippen LogP contribution in [0.5, 0.6) is 0 Å². The Labute approximate surface area is 155 Å². The normalized spacial score (nSPS) is 15.3. The molecule has 3 aromatic heterocycles. The minimum atomic E-state index is -0.0991. The standard InChI is InChI=1S/C20H20N6O/c1-11-4-3-5-13-8-15(26(14-6-7-14)20(27)16(11)13)12(2)25-19-17-18(22-9-21-17)23-10-24-19/h3-5,8-10,12,14H,6-7H2,1-2H3,(H2,21,22,23,24,25). The Bertz CT molecular complexity index is 1220. The van der Waals surface area contributed by atoms with Crippen molar-refractivity contribution in [2.75, 3.05) is 5.32 Å². The molecular formula is C20H20N6O. The fourth-order valence-corrected chi connectivity index (χ4v) is 3.76. The van der Waals surface area contributed by atoms with Crippen molar-refractivity contribution in [2.24, 2.45) is 0 Å². The number of hydrogen-bond donors (Lipinski definition) is 2. The van der Waals surface area contributed by atoms with Gasteiger partial charge in [0.05, 0.1) is 17.8 Å². The van der Waals surface area contributed by atoms with E-state index < -0.39 is 0 Å². The van der Waals surface area contributed by atoms with Crippen LogP contribution in [0.4, 0.5) is 5.82 Å². The van der Waals surface area contributed by atoms with Crippen LogP contribution in [0.3, 0.4) is 0 Å². The Balaban J connectivity index is 1.64. The maximum Gasteiger partial charge on any atom is 0.259 e. The second kappa shape index (κ2) is 5.90. The van der Waals surface area contributed by atoms with Crippen molar-refractivity contribution < 1.29 is 0 Å². The predicted molar refractivity (Wildman–Crippen MR) is 105 cm³/mol. The van der Waals surface area contributed by atoms with Gasteiger partial charge in [0.1, 0.15) is 11.8 Å². The first-order valence-corrected chi connectivity index (χ1v) is 9.19. The zero-order valence-corrected chi connectivity index (χ0v) is 15.2. The molecule has 0 radical (unpaired) electrons. The summed E-state index contributed by atoms with van der Waals surface area (Å²) in [4.78, 5) is 29.1. The molecular weight excluding hydrogens is 340 g/mol. The topological polar surface area (TPSA) is 88.5 Å². The van der Waals surface area contributed by atoms with Crippen LogP contribution in [-0.4, -0.2) is 24.5 Å². The average molecular weight is 360 g/mol. The number of fused-ring (bicyclic) bond motifs is 2. The van der Waals surface area contributed by atoms with E-state index in [0.29, 0.717) is 17.0 Å². The Morgan fingerprint density at radius 3 is 2.93 bits per heavy atom. The van der Waals surface area contributed by atoms with Gasteiger partial charge in [-0.05, 0) is 43.7 Å². The van der Waals surface area contributed by atoms with E-state index in [1.54, 1.807) is 6.33 Å². The molecule has 1 aliphatic carbocycles. The summed E-state index contributed by atoms with van der Waals surface area (Å²) in [5, 5.41) is 5.22. The highest BCUT2D eigenvalue weighted by molar-refractivity contribution is 5.85. The number of rotatable bonds is 4. The van der Waals surface area contributed by atoms with Crippen molar-refractivity contribution >= 4 is 27.8 Å². The number of aryl methyl sites for hydroxylation is 1. The smallest absolute Gasteiger partial charge is 0.259 e. The minimum absolute atomic E-state index is 0.0991. The zero-order valence-electron chi connectivity index (χ0n) is 15.2. The summed E-state index contributed by atoms with van der Waals surface area (Å²) in [7, 11) is 0. The van der Waals surface area contributed by atoms with Crippen LogP contribution in [0.1, 0.15) is 43.1 Å². The lowest BCUT2D eigenvalue weighted by molar-refractivity contribution is 0.636. The lowest BCUT2D eigenvalue weighted by Crippen LogP contribution is -2.26. The minimum Gasteiger partial charge on any atom is -0.360 e. The molecule has 1 aliphatic rings. The predicted octanol–water partition coefficient (Wildman–Crippen LogP) is 3.48. The Morgan fingerprint density at radius 2 is 2.11 bits per heavy atom. The SMILES string of the molecule is Cc1cccc2cc(C(C)Nc3ncnc4[nH]cnc34)n(C3CC3)c(=O)c12. The quantitative estimate of drug-likeness (QED) is 0.582. The summed E-state index contributed by atoms with van der Waals surface area (Å²) in [5.41, 5.74) is 3.48. The number of aromatic amines is 1. The van der Waals surface area contributed by atoms with Gasteiger partial charge in [-0.25, -0.2) is 15.0 Å². The van der Waals surface area contributed by atoms with Crippen LogP contribution in [0.2, 0.25) is 0 Å². The first kappa shape index (κ1) is 16.0. The van der Waals surface area contributed by atoms with Crippen molar-refractivity contribution in [2.45, 2.75) is 38.8 Å². The van der Waals surface area contributed by atoms with Crippen molar-refractivity contribution in [1.29, 1.82) is 0 Å². The molecule has 0 bridgehead atoms. The van der Waals surface area contributed by atoms with Gasteiger partial charge in [-0.3, -0.25) is 4.79 Å². The van der Waals surface area contributed by atoms with Gasteiger partial charge in [0.15, 0.2) is 11.5 Å².